The number of pyridine rings is 1. The van der Waals surface area contributed by atoms with Crippen molar-refractivity contribution in [3.63, 3.8) is 0 Å². The topological polar surface area (TPSA) is 111 Å². The second-order valence-corrected chi connectivity index (χ2v) is 6.17. The normalized spacial score (nSPS) is 13.6. The average Bonchev–Trinajstić information content (AvgIpc) is 2.67. The molecule has 0 aliphatic carbocycles. The van der Waals surface area contributed by atoms with Crippen LogP contribution in [-0.2, 0) is 15.7 Å². The number of nitrogens with two attached hydrogens (primary N) is 1. The molecular formula is C17H16F9N5O3. The maximum atomic E-state index is 12.5. The Labute approximate surface area is 185 Å². The van der Waals surface area contributed by atoms with E-state index in [1.807, 2.05) is 5.32 Å². The lowest BCUT2D eigenvalue weighted by Crippen LogP contribution is -2.29. The first-order valence-corrected chi connectivity index (χ1v) is 8.62. The zero-order valence-electron chi connectivity index (χ0n) is 17.0. The third-order valence-corrected chi connectivity index (χ3v) is 3.26. The molecule has 1 aromatic heterocycles. The second-order valence-electron chi connectivity index (χ2n) is 6.17. The van der Waals surface area contributed by atoms with Gasteiger partial charge in [-0.1, -0.05) is 6.58 Å². The van der Waals surface area contributed by atoms with Gasteiger partial charge in [0.1, 0.15) is 11.5 Å². The molecule has 190 valence electrons. The van der Waals surface area contributed by atoms with E-state index >= 15 is 0 Å². The SMILES string of the molecule is C=C(/N=C(OCC(F)(F)F)\C(C)=C(/N)OCC(F)(F)F)NC(=O)Nc1ccc(C(F)(F)F)nc1. The van der Waals surface area contributed by atoms with Gasteiger partial charge in [0, 0.05) is 0 Å². The van der Waals surface area contributed by atoms with Gasteiger partial charge in [-0.05, 0) is 19.1 Å². The molecule has 0 radical (unpaired) electrons. The van der Waals surface area contributed by atoms with Gasteiger partial charge in [0.05, 0.1) is 17.5 Å². The average molecular weight is 509 g/mol. The van der Waals surface area contributed by atoms with E-state index in [0.717, 1.165) is 13.0 Å². The number of carbonyl (C=O) groups excluding carboxylic acids is 1. The van der Waals surface area contributed by atoms with E-state index in [9.17, 15) is 44.3 Å². The minimum Gasteiger partial charge on any atom is -0.469 e. The number of alkyl halides is 9. The molecule has 2 amide bonds. The summed E-state index contributed by atoms with van der Waals surface area (Å²) in [6.45, 7) is 0.377. The fraction of sp³-hybridized carbons (Fsp3) is 0.353. The van der Waals surface area contributed by atoms with Gasteiger partial charge < -0.3 is 20.5 Å². The van der Waals surface area contributed by atoms with Gasteiger partial charge in [0.15, 0.2) is 19.1 Å². The van der Waals surface area contributed by atoms with E-state index in [1.165, 1.54) is 0 Å². The summed E-state index contributed by atoms with van der Waals surface area (Å²) in [7, 11) is 0. The van der Waals surface area contributed by atoms with Crippen LogP contribution in [0.25, 0.3) is 0 Å². The summed E-state index contributed by atoms with van der Waals surface area (Å²) in [6.07, 6.45) is -13.7. The molecule has 0 spiro atoms. The summed E-state index contributed by atoms with van der Waals surface area (Å²) in [5.41, 5.74) is 3.28. The number of urea groups is 1. The number of aromatic nitrogens is 1. The van der Waals surface area contributed by atoms with Crippen molar-refractivity contribution < 1.29 is 53.8 Å². The van der Waals surface area contributed by atoms with Crippen LogP contribution in [0.3, 0.4) is 0 Å². The second kappa shape index (κ2) is 11.0. The summed E-state index contributed by atoms with van der Waals surface area (Å²) in [5, 5.41) is 3.98. The standard InChI is InChI=1S/C17H16F9N5O3/c1-8(12(27)33-6-15(18,19)20)13(34-7-16(21,22)23)29-9(2)30-14(32)31-10-3-4-11(28-5-10)17(24,25)26/h3-5H,2,6-7,27H2,1H3,(H2,30,31,32)/b12-8+,29-13+. The molecule has 0 saturated heterocycles. The highest BCUT2D eigenvalue weighted by Gasteiger charge is 2.32. The fourth-order valence-corrected chi connectivity index (χ4v) is 1.83. The number of carbonyl (C=O) groups is 1. The largest absolute Gasteiger partial charge is 0.469 e. The summed E-state index contributed by atoms with van der Waals surface area (Å²) in [4.78, 5) is 18.4. The summed E-state index contributed by atoms with van der Waals surface area (Å²) < 4.78 is 120. The Hall–Kier alpha value is -3.66. The van der Waals surface area contributed by atoms with Crippen molar-refractivity contribution in [1.29, 1.82) is 0 Å². The van der Waals surface area contributed by atoms with Gasteiger partial charge in [0.25, 0.3) is 0 Å². The third-order valence-electron chi connectivity index (χ3n) is 3.26. The van der Waals surface area contributed by atoms with Crippen molar-refractivity contribution in [3.8, 4) is 0 Å². The van der Waals surface area contributed by atoms with Crippen molar-refractivity contribution in [2.24, 2.45) is 10.7 Å². The molecule has 17 heteroatoms. The first-order chi connectivity index (χ1) is 15.4. The minimum atomic E-state index is -4.87. The quantitative estimate of drug-likeness (QED) is 0.218. The molecule has 0 fully saturated rings. The van der Waals surface area contributed by atoms with Crippen LogP contribution in [0.1, 0.15) is 12.6 Å². The van der Waals surface area contributed by atoms with Gasteiger partial charge in [-0.25, -0.2) is 9.78 Å². The number of nitrogens with one attached hydrogen (secondary N) is 2. The Morgan fingerprint density at radius 1 is 1.06 bits per heavy atom. The number of hydrogen-bond acceptors (Lipinski definition) is 6. The Morgan fingerprint density at radius 2 is 1.62 bits per heavy atom. The number of ether oxygens (including phenoxy) is 2. The molecule has 4 N–H and O–H groups in total. The number of rotatable bonds is 7. The van der Waals surface area contributed by atoms with Gasteiger partial charge in [0.2, 0.25) is 5.90 Å². The number of anilines is 1. The molecule has 0 aliphatic rings. The van der Waals surface area contributed by atoms with Gasteiger partial charge >= 0.3 is 24.6 Å². The first-order valence-electron chi connectivity index (χ1n) is 8.62. The molecule has 0 unspecified atom stereocenters. The third kappa shape index (κ3) is 10.8. The highest BCUT2D eigenvalue weighted by Crippen LogP contribution is 2.27. The Bertz CT molecular complexity index is 936. The van der Waals surface area contributed by atoms with E-state index < -0.39 is 66.6 Å². The van der Waals surface area contributed by atoms with E-state index in [0.29, 0.717) is 12.3 Å². The molecule has 8 nitrogen and oxygen atoms in total. The number of aliphatic imine (C=N–C) groups is 1. The highest BCUT2D eigenvalue weighted by molar-refractivity contribution is 5.95. The van der Waals surface area contributed by atoms with Crippen LogP contribution in [0.5, 0.6) is 0 Å². The van der Waals surface area contributed by atoms with E-state index in [2.05, 4.69) is 31.3 Å². The lowest BCUT2D eigenvalue weighted by molar-refractivity contribution is -0.165. The van der Waals surface area contributed by atoms with Crippen LogP contribution < -0.4 is 16.4 Å². The zero-order chi connectivity index (χ0) is 26.3. The van der Waals surface area contributed by atoms with Crippen molar-refractivity contribution in [2.45, 2.75) is 25.5 Å². The molecule has 0 bridgehead atoms. The zero-order valence-corrected chi connectivity index (χ0v) is 17.0. The molecule has 1 aromatic rings. The summed E-state index contributed by atoms with van der Waals surface area (Å²) in [5.74, 6) is -2.61. The number of nitrogens with zero attached hydrogens (tertiary/aromatic N) is 2. The van der Waals surface area contributed by atoms with Gasteiger partial charge in [-0.3, -0.25) is 5.32 Å². The van der Waals surface area contributed by atoms with Gasteiger partial charge in [-0.2, -0.15) is 44.5 Å². The van der Waals surface area contributed by atoms with Crippen LogP contribution in [0.15, 0.2) is 47.2 Å². The molecule has 0 saturated carbocycles. The Morgan fingerprint density at radius 3 is 2.09 bits per heavy atom. The van der Waals surface area contributed by atoms with Crippen molar-refractivity contribution >= 4 is 17.6 Å². The van der Waals surface area contributed by atoms with Crippen LogP contribution >= 0.6 is 0 Å². The van der Waals surface area contributed by atoms with E-state index in [1.54, 1.807) is 0 Å². The van der Waals surface area contributed by atoms with Crippen LogP contribution in [0.4, 0.5) is 50.0 Å². The van der Waals surface area contributed by atoms with Crippen molar-refractivity contribution in [3.05, 3.63) is 47.9 Å². The lowest BCUT2D eigenvalue weighted by atomic mass is 10.3. The van der Waals surface area contributed by atoms with E-state index in [4.69, 9.17) is 5.73 Å². The smallest absolute Gasteiger partial charge is 0.433 e. The predicted molar refractivity (Wildman–Crippen MR) is 98.9 cm³/mol. The van der Waals surface area contributed by atoms with Crippen molar-refractivity contribution in [1.82, 2.24) is 10.3 Å². The van der Waals surface area contributed by atoms with Crippen molar-refractivity contribution in [2.75, 3.05) is 18.5 Å². The summed E-state index contributed by atoms with van der Waals surface area (Å²) >= 11 is 0. The molecule has 0 aliphatic heterocycles. The molecule has 1 rings (SSSR count). The summed E-state index contributed by atoms with van der Waals surface area (Å²) in [6, 6.07) is 0.294. The number of hydrogen-bond donors (Lipinski definition) is 3. The maximum Gasteiger partial charge on any atom is 0.433 e. The van der Waals surface area contributed by atoms with Crippen LogP contribution in [0.2, 0.25) is 0 Å². The minimum absolute atomic E-state index is 0.198. The van der Waals surface area contributed by atoms with E-state index in [-0.39, 0.29) is 5.69 Å². The Kier molecular flexibility index (Phi) is 9.16. The molecule has 34 heavy (non-hydrogen) atoms. The molecule has 1 heterocycles. The van der Waals surface area contributed by atoms with Crippen LogP contribution in [0, 0.1) is 0 Å². The highest BCUT2D eigenvalue weighted by atomic mass is 19.4. The molecular weight excluding hydrogens is 493 g/mol. The lowest BCUT2D eigenvalue weighted by Gasteiger charge is -2.16. The first kappa shape index (κ1) is 28.4. The molecule has 0 aromatic carbocycles. The van der Waals surface area contributed by atoms with Crippen LogP contribution in [-0.4, -0.2) is 42.5 Å². The predicted octanol–water partition coefficient (Wildman–Crippen LogP) is 4.44. The van der Waals surface area contributed by atoms with Gasteiger partial charge in [-0.15, -0.1) is 0 Å². The monoisotopic (exact) mass is 509 g/mol. The molecule has 0 atom stereocenters. The Balaban J connectivity index is 2.96. The number of halogens is 9. The number of amides is 2. The maximum absolute atomic E-state index is 12.5. The fourth-order valence-electron chi connectivity index (χ4n) is 1.83.